The second-order valence-corrected chi connectivity index (χ2v) is 8.90. The molecule has 0 aromatic heterocycles. The molecule has 0 aromatic carbocycles. The van der Waals surface area contributed by atoms with Crippen molar-refractivity contribution in [3.8, 4) is 0 Å². The molecule has 1 saturated heterocycles. The van der Waals surface area contributed by atoms with Crippen LogP contribution in [0.1, 0.15) is 54.4 Å². The van der Waals surface area contributed by atoms with Gasteiger partial charge in [0.05, 0.1) is 0 Å². The summed E-state index contributed by atoms with van der Waals surface area (Å²) in [4.78, 5) is 5.33. The van der Waals surface area contributed by atoms with E-state index >= 15 is 0 Å². The zero-order valence-electron chi connectivity index (χ0n) is 14.5. The first kappa shape index (κ1) is 16.3. The summed E-state index contributed by atoms with van der Waals surface area (Å²) in [5.74, 6) is 0.712. The first-order valence-corrected chi connectivity index (χ1v) is 8.31. The normalized spacial score (nSPS) is 36.5. The van der Waals surface area contributed by atoms with Crippen LogP contribution < -0.4 is 5.73 Å². The van der Waals surface area contributed by atoms with Gasteiger partial charge in [-0.2, -0.15) is 0 Å². The van der Waals surface area contributed by atoms with E-state index in [1.165, 1.54) is 39.0 Å². The lowest BCUT2D eigenvalue weighted by Gasteiger charge is -2.50. The number of piperazine rings is 1. The Morgan fingerprint density at radius 3 is 2.00 bits per heavy atom. The fourth-order valence-electron chi connectivity index (χ4n) is 4.74. The Morgan fingerprint density at radius 2 is 1.65 bits per heavy atom. The number of hydrogen-bond donors (Lipinski definition) is 1. The standard InChI is InChI=1S/C17H35N3/c1-14-11-16(5,6)12-17(14,13-18)20-9-7-19(8-10-20)15(2,3)4/h14H,7-13,18H2,1-6H3. The van der Waals surface area contributed by atoms with Gasteiger partial charge in [-0.1, -0.05) is 20.8 Å². The molecule has 2 atom stereocenters. The van der Waals surface area contributed by atoms with Crippen molar-refractivity contribution in [2.24, 2.45) is 17.1 Å². The highest BCUT2D eigenvalue weighted by Gasteiger charge is 2.51. The van der Waals surface area contributed by atoms with Gasteiger partial charge in [0, 0.05) is 43.8 Å². The van der Waals surface area contributed by atoms with E-state index in [1.54, 1.807) is 0 Å². The van der Waals surface area contributed by atoms with Crippen molar-refractivity contribution in [3.63, 3.8) is 0 Å². The summed E-state index contributed by atoms with van der Waals surface area (Å²) in [6.07, 6.45) is 2.57. The lowest BCUT2D eigenvalue weighted by molar-refractivity contribution is -0.0122. The average Bonchev–Trinajstić information content (AvgIpc) is 2.58. The summed E-state index contributed by atoms with van der Waals surface area (Å²) in [6.45, 7) is 19.7. The Labute approximate surface area is 125 Å². The van der Waals surface area contributed by atoms with Gasteiger partial charge in [0.1, 0.15) is 0 Å². The maximum atomic E-state index is 6.28. The van der Waals surface area contributed by atoms with Crippen LogP contribution in [0.5, 0.6) is 0 Å². The quantitative estimate of drug-likeness (QED) is 0.844. The highest BCUT2D eigenvalue weighted by molar-refractivity contribution is 5.07. The maximum absolute atomic E-state index is 6.28. The Balaban J connectivity index is 2.08. The van der Waals surface area contributed by atoms with E-state index in [0.29, 0.717) is 16.9 Å². The van der Waals surface area contributed by atoms with Gasteiger partial charge in [-0.05, 0) is 44.9 Å². The minimum Gasteiger partial charge on any atom is -0.329 e. The van der Waals surface area contributed by atoms with Crippen molar-refractivity contribution in [1.29, 1.82) is 0 Å². The van der Waals surface area contributed by atoms with Crippen LogP contribution in [0.4, 0.5) is 0 Å². The Kier molecular flexibility index (Phi) is 4.27. The first-order chi connectivity index (χ1) is 9.11. The molecule has 2 N–H and O–H groups in total. The van der Waals surface area contributed by atoms with E-state index < -0.39 is 0 Å². The van der Waals surface area contributed by atoms with E-state index in [1.807, 2.05) is 0 Å². The molecule has 2 aliphatic rings. The van der Waals surface area contributed by atoms with E-state index in [9.17, 15) is 0 Å². The molecule has 0 aromatic rings. The van der Waals surface area contributed by atoms with Crippen LogP contribution in [0.15, 0.2) is 0 Å². The van der Waals surface area contributed by atoms with Crippen molar-refractivity contribution in [3.05, 3.63) is 0 Å². The third-order valence-electron chi connectivity index (χ3n) is 5.77. The van der Waals surface area contributed by atoms with Crippen LogP contribution in [-0.2, 0) is 0 Å². The summed E-state index contributed by atoms with van der Waals surface area (Å²) in [6, 6.07) is 0. The van der Waals surface area contributed by atoms with Crippen LogP contribution in [-0.4, -0.2) is 53.6 Å². The molecular formula is C17H35N3. The van der Waals surface area contributed by atoms with Crippen LogP contribution >= 0.6 is 0 Å². The predicted octanol–water partition coefficient (Wildman–Crippen LogP) is 2.56. The Hall–Kier alpha value is -0.120. The second-order valence-electron chi connectivity index (χ2n) is 8.90. The zero-order valence-corrected chi connectivity index (χ0v) is 14.5. The molecule has 2 fully saturated rings. The number of rotatable bonds is 2. The van der Waals surface area contributed by atoms with Gasteiger partial charge >= 0.3 is 0 Å². The van der Waals surface area contributed by atoms with Gasteiger partial charge in [0.25, 0.3) is 0 Å². The SMILES string of the molecule is CC1CC(C)(C)CC1(CN)N1CCN(C(C)(C)C)CC1. The molecule has 3 nitrogen and oxygen atoms in total. The fraction of sp³-hybridized carbons (Fsp3) is 1.00. The third-order valence-corrected chi connectivity index (χ3v) is 5.77. The Bertz CT molecular complexity index is 337. The van der Waals surface area contributed by atoms with Crippen molar-refractivity contribution in [2.45, 2.75) is 65.5 Å². The van der Waals surface area contributed by atoms with Crippen LogP contribution in [0.3, 0.4) is 0 Å². The van der Waals surface area contributed by atoms with Gasteiger partial charge in [-0.15, -0.1) is 0 Å². The molecule has 0 amide bonds. The highest BCUT2D eigenvalue weighted by Crippen LogP contribution is 2.50. The van der Waals surface area contributed by atoms with Crippen LogP contribution in [0.2, 0.25) is 0 Å². The molecule has 1 aliphatic heterocycles. The lowest BCUT2D eigenvalue weighted by atomic mass is 9.84. The van der Waals surface area contributed by atoms with E-state index in [0.717, 1.165) is 6.54 Å². The van der Waals surface area contributed by atoms with Crippen molar-refractivity contribution in [1.82, 2.24) is 9.80 Å². The monoisotopic (exact) mass is 281 g/mol. The van der Waals surface area contributed by atoms with Crippen molar-refractivity contribution < 1.29 is 0 Å². The molecule has 3 heteroatoms. The summed E-state index contributed by atoms with van der Waals surface area (Å²) in [5.41, 5.74) is 7.26. The molecule has 1 aliphatic carbocycles. The first-order valence-electron chi connectivity index (χ1n) is 8.31. The molecule has 1 saturated carbocycles. The maximum Gasteiger partial charge on any atom is 0.0363 e. The second kappa shape index (κ2) is 5.26. The van der Waals surface area contributed by atoms with Gasteiger partial charge in [-0.25, -0.2) is 0 Å². The lowest BCUT2D eigenvalue weighted by Crippen LogP contribution is -2.63. The minimum absolute atomic E-state index is 0.244. The zero-order chi connectivity index (χ0) is 15.2. The molecular weight excluding hydrogens is 246 g/mol. The fourth-order valence-corrected chi connectivity index (χ4v) is 4.74. The molecule has 0 spiro atoms. The van der Waals surface area contributed by atoms with Gasteiger partial charge < -0.3 is 5.73 Å². The molecule has 1 heterocycles. The van der Waals surface area contributed by atoms with Crippen LogP contribution in [0, 0.1) is 11.3 Å². The van der Waals surface area contributed by atoms with E-state index in [2.05, 4.69) is 51.3 Å². The minimum atomic E-state index is 0.244. The number of nitrogens with zero attached hydrogens (tertiary/aromatic N) is 2. The molecule has 2 unspecified atom stereocenters. The van der Waals surface area contributed by atoms with E-state index in [4.69, 9.17) is 5.73 Å². The summed E-state index contributed by atoms with van der Waals surface area (Å²) in [5, 5.41) is 0. The summed E-state index contributed by atoms with van der Waals surface area (Å²) >= 11 is 0. The number of hydrogen-bond acceptors (Lipinski definition) is 3. The number of nitrogens with two attached hydrogens (primary N) is 1. The molecule has 0 bridgehead atoms. The molecule has 20 heavy (non-hydrogen) atoms. The summed E-state index contributed by atoms with van der Waals surface area (Å²) in [7, 11) is 0. The van der Waals surface area contributed by atoms with Crippen molar-refractivity contribution >= 4 is 0 Å². The van der Waals surface area contributed by atoms with Crippen LogP contribution in [0.25, 0.3) is 0 Å². The molecule has 2 rings (SSSR count). The average molecular weight is 281 g/mol. The topological polar surface area (TPSA) is 32.5 Å². The van der Waals surface area contributed by atoms with E-state index in [-0.39, 0.29) is 5.54 Å². The van der Waals surface area contributed by atoms with Gasteiger partial charge in [0.2, 0.25) is 0 Å². The van der Waals surface area contributed by atoms with Gasteiger partial charge in [-0.3, -0.25) is 9.80 Å². The van der Waals surface area contributed by atoms with Crippen molar-refractivity contribution in [2.75, 3.05) is 32.7 Å². The largest absolute Gasteiger partial charge is 0.329 e. The molecule has 0 radical (unpaired) electrons. The highest BCUT2D eigenvalue weighted by atomic mass is 15.3. The van der Waals surface area contributed by atoms with Gasteiger partial charge in [0.15, 0.2) is 0 Å². The predicted molar refractivity (Wildman–Crippen MR) is 86.9 cm³/mol. The smallest absolute Gasteiger partial charge is 0.0363 e. The summed E-state index contributed by atoms with van der Waals surface area (Å²) < 4.78 is 0. The molecule has 118 valence electrons. The third kappa shape index (κ3) is 2.90. The Morgan fingerprint density at radius 1 is 1.10 bits per heavy atom.